The molecule has 0 amide bonds. The molecule has 1 rings (SSSR count). The molecule has 100 valence electrons. The summed E-state index contributed by atoms with van der Waals surface area (Å²) in [7, 11) is 1.72. The third kappa shape index (κ3) is 4.47. The summed E-state index contributed by atoms with van der Waals surface area (Å²) in [6.45, 7) is 10.1. The minimum absolute atomic E-state index is 0.698. The van der Waals surface area contributed by atoms with Gasteiger partial charge in [-0.05, 0) is 18.2 Å². The standard InChI is InChI=1S/C14H23N3O/c1-4-8-17(9-10-18-3)14-12-16-7-6-13(14)11-15-5-2/h4,6-7,12,15H,1,5,8-11H2,2-3H3. The summed E-state index contributed by atoms with van der Waals surface area (Å²) in [6.07, 6.45) is 5.64. The second kappa shape index (κ2) is 8.66. The van der Waals surface area contributed by atoms with Gasteiger partial charge in [-0.25, -0.2) is 0 Å². The first-order valence-corrected chi connectivity index (χ1v) is 6.31. The van der Waals surface area contributed by atoms with Gasteiger partial charge in [0.05, 0.1) is 18.5 Å². The summed E-state index contributed by atoms with van der Waals surface area (Å²) < 4.78 is 5.15. The van der Waals surface area contributed by atoms with Crippen LogP contribution in [0, 0.1) is 0 Å². The van der Waals surface area contributed by atoms with Gasteiger partial charge >= 0.3 is 0 Å². The molecular weight excluding hydrogens is 226 g/mol. The lowest BCUT2D eigenvalue weighted by atomic mass is 10.2. The minimum Gasteiger partial charge on any atom is -0.383 e. The van der Waals surface area contributed by atoms with Crippen molar-refractivity contribution in [3.8, 4) is 0 Å². The first-order chi connectivity index (χ1) is 8.83. The Bertz CT molecular complexity index is 355. The van der Waals surface area contributed by atoms with E-state index in [2.05, 4.69) is 34.8 Å². The molecule has 1 aromatic heterocycles. The van der Waals surface area contributed by atoms with Crippen LogP contribution >= 0.6 is 0 Å². The van der Waals surface area contributed by atoms with Gasteiger partial charge in [-0.3, -0.25) is 4.98 Å². The van der Waals surface area contributed by atoms with Crippen LogP contribution in [0.1, 0.15) is 12.5 Å². The molecule has 0 aliphatic carbocycles. The van der Waals surface area contributed by atoms with Crippen molar-refractivity contribution in [3.63, 3.8) is 0 Å². The highest BCUT2D eigenvalue weighted by Gasteiger charge is 2.09. The average Bonchev–Trinajstić information content (AvgIpc) is 2.41. The van der Waals surface area contributed by atoms with Crippen molar-refractivity contribution in [2.24, 2.45) is 0 Å². The summed E-state index contributed by atoms with van der Waals surface area (Å²) >= 11 is 0. The lowest BCUT2D eigenvalue weighted by Gasteiger charge is -2.25. The molecule has 0 spiro atoms. The molecule has 0 saturated carbocycles. The number of nitrogens with zero attached hydrogens (tertiary/aromatic N) is 2. The smallest absolute Gasteiger partial charge is 0.0637 e. The van der Waals surface area contributed by atoms with Crippen LogP contribution < -0.4 is 10.2 Å². The van der Waals surface area contributed by atoms with E-state index in [0.717, 1.165) is 31.9 Å². The van der Waals surface area contributed by atoms with Crippen molar-refractivity contribution in [3.05, 3.63) is 36.7 Å². The molecule has 0 radical (unpaired) electrons. The minimum atomic E-state index is 0.698. The Morgan fingerprint density at radius 2 is 2.39 bits per heavy atom. The van der Waals surface area contributed by atoms with Crippen LogP contribution in [0.5, 0.6) is 0 Å². The Kier molecular flexibility index (Phi) is 7.06. The van der Waals surface area contributed by atoms with Crippen molar-refractivity contribution in [1.29, 1.82) is 0 Å². The van der Waals surface area contributed by atoms with E-state index in [4.69, 9.17) is 4.74 Å². The van der Waals surface area contributed by atoms with Crippen molar-refractivity contribution < 1.29 is 4.74 Å². The van der Waals surface area contributed by atoms with E-state index < -0.39 is 0 Å². The van der Waals surface area contributed by atoms with Crippen LogP contribution in [0.3, 0.4) is 0 Å². The van der Waals surface area contributed by atoms with E-state index in [1.165, 1.54) is 5.56 Å². The average molecular weight is 249 g/mol. The van der Waals surface area contributed by atoms with Gasteiger partial charge in [-0.1, -0.05) is 13.0 Å². The highest BCUT2D eigenvalue weighted by molar-refractivity contribution is 5.52. The van der Waals surface area contributed by atoms with E-state index in [9.17, 15) is 0 Å². The van der Waals surface area contributed by atoms with Gasteiger partial charge in [-0.2, -0.15) is 0 Å². The lowest BCUT2D eigenvalue weighted by molar-refractivity contribution is 0.205. The number of pyridine rings is 1. The molecule has 0 bridgehead atoms. The van der Waals surface area contributed by atoms with Crippen molar-refractivity contribution in [2.75, 3.05) is 38.3 Å². The fourth-order valence-electron chi connectivity index (χ4n) is 1.78. The predicted molar refractivity (Wildman–Crippen MR) is 75.9 cm³/mol. The number of hydrogen-bond donors (Lipinski definition) is 1. The number of rotatable bonds is 9. The number of ether oxygens (including phenoxy) is 1. The molecule has 18 heavy (non-hydrogen) atoms. The Balaban J connectivity index is 2.83. The zero-order chi connectivity index (χ0) is 13.2. The van der Waals surface area contributed by atoms with Crippen molar-refractivity contribution >= 4 is 5.69 Å². The van der Waals surface area contributed by atoms with Gasteiger partial charge < -0.3 is 15.0 Å². The topological polar surface area (TPSA) is 37.4 Å². The number of methoxy groups -OCH3 is 1. The molecule has 1 N–H and O–H groups in total. The summed E-state index contributed by atoms with van der Waals surface area (Å²) in [6, 6.07) is 2.06. The zero-order valence-corrected chi connectivity index (χ0v) is 11.4. The fourth-order valence-corrected chi connectivity index (χ4v) is 1.78. The van der Waals surface area contributed by atoms with Crippen LogP contribution in [0.2, 0.25) is 0 Å². The van der Waals surface area contributed by atoms with Gasteiger partial charge in [0.15, 0.2) is 0 Å². The SMILES string of the molecule is C=CCN(CCOC)c1cnccc1CNCC. The van der Waals surface area contributed by atoms with E-state index in [0.29, 0.717) is 6.61 Å². The fraction of sp³-hybridized carbons (Fsp3) is 0.500. The van der Waals surface area contributed by atoms with Crippen LogP contribution in [-0.2, 0) is 11.3 Å². The van der Waals surface area contributed by atoms with Crippen LogP contribution in [0.4, 0.5) is 5.69 Å². The number of anilines is 1. The Morgan fingerprint density at radius 1 is 1.56 bits per heavy atom. The van der Waals surface area contributed by atoms with Crippen LogP contribution in [0.15, 0.2) is 31.1 Å². The molecule has 0 aliphatic rings. The first kappa shape index (κ1) is 14.7. The van der Waals surface area contributed by atoms with E-state index >= 15 is 0 Å². The maximum Gasteiger partial charge on any atom is 0.0637 e. The number of nitrogens with one attached hydrogen (secondary N) is 1. The monoisotopic (exact) mass is 249 g/mol. The van der Waals surface area contributed by atoms with Crippen molar-refractivity contribution in [1.82, 2.24) is 10.3 Å². The van der Waals surface area contributed by atoms with Gasteiger partial charge in [-0.15, -0.1) is 6.58 Å². The summed E-state index contributed by atoms with van der Waals surface area (Å²) in [5.74, 6) is 0. The number of aromatic nitrogens is 1. The van der Waals surface area contributed by atoms with Gasteiger partial charge in [0, 0.05) is 32.9 Å². The molecule has 0 atom stereocenters. The number of hydrogen-bond acceptors (Lipinski definition) is 4. The highest BCUT2D eigenvalue weighted by atomic mass is 16.5. The molecule has 0 aromatic carbocycles. The Hall–Kier alpha value is -1.39. The van der Waals surface area contributed by atoms with Gasteiger partial charge in [0.25, 0.3) is 0 Å². The third-order valence-electron chi connectivity index (χ3n) is 2.71. The highest BCUT2D eigenvalue weighted by Crippen LogP contribution is 2.18. The lowest BCUT2D eigenvalue weighted by Crippen LogP contribution is -2.29. The molecule has 0 saturated heterocycles. The molecule has 1 aromatic rings. The Labute approximate surface area is 110 Å². The second-order valence-electron chi connectivity index (χ2n) is 4.01. The summed E-state index contributed by atoms with van der Waals surface area (Å²) in [5.41, 5.74) is 2.40. The quantitative estimate of drug-likeness (QED) is 0.678. The molecule has 4 nitrogen and oxygen atoms in total. The van der Waals surface area contributed by atoms with Gasteiger partial charge in [0.1, 0.15) is 0 Å². The largest absolute Gasteiger partial charge is 0.383 e. The molecule has 0 unspecified atom stereocenters. The molecule has 0 fully saturated rings. The molecule has 4 heteroatoms. The van der Waals surface area contributed by atoms with Gasteiger partial charge in [0.2, 0.25) is 0 Å². The Morgan fingerprint density at radius 3 is 3.06 bits per heavy atom. The van der Waals surface area contributed by atoms with Crippen LogP contribution in [0.25, 0.3) is 0 Å². The van der Waals surface area contributed by atoms with E-state index in [1.807, 2.05) is 18.5 Å². The predicted octanol–water partition coefficient (Wildman–Crippen LogP) is 1.83. The third-order valence-corrected chi connectivity index (χ3v) is 2.71. The first-order valence-electron chi connectivity index (χ1n) is 6.31. The van der Waals surface area contributed by atoms with E-state index in [1.54, 1.807) is 7.11 Å². The summed E-state index contributed by atoms with van der Waals surface area (Å²) in [4.78, 5) is 6.45. The zero-order valence-electron chi connectivity index (χ0n) is 11.4. The van der Waals surface area contributed by atoms with Crippen LogP contribution in [-0.4, -0.2) is 38.3 Å². The maximum absolute atomic E-state index is 5.15. The molecule has 1 heterocycles. The normalized spacial score (nSPS) is 10.3. The van der Waals surface area contributed by atoms with E-state index in [-0.39, 0.29) is 0 Å². The molecule has 0 aliphatic heterocycles. The second-order valence-corrected chi connectivity index (χ2v) is 4.01. The molecular formula is C14H23N3O. The summed E-state index contributed by atoms with van der Waals surface area (Å²) in [5, 5.41) is 3.35. The maximum atomic E-state index is 5.15. The van der Waals surface area contributed by atoms with Crippen molar-refractivity contribution in [2.45, 2.75) is 13.5 Å².